The van der Waals surface area contributed by atoms with Gasteiger partial charge in [-0.2, -0.15) is 0 Å². The Hall–Kier alpha value is -2.89. The first-order valence-electron chi connectivity index (χ1n) is 11.1. The van der Waals surface area contributed by atoms with Crippen molar-refractivity contribution < 1.29 is 9.53 Å². The van der Waals surface area contributed by atoms with Crippen molar-refractivity contribution >= 4 is 17.5 Å². The molecule has 0 aliphatic carbocycles. The Morgan fingerprint density at radius 2 is 1.75 bits per heavy atom. The van der Waals surface area contributed by atoms with E-state index < -0.39 is 0 Å². The second-order valence-electron chi connectivity index (χ2n) is 8.03. The number of carbonyl (C=O) groups excluding carboxylic acids is 1. The van der Waals surface area contributed by atoms with E-state index in [1.807, 2.05) is 72.8 Å². The summed E-state index contributed by atoms with van der Waals surface area (Å²) in [6.07, 6.45) is 3.43. The summed E-state index contributed by atoms with van der Waals surface area (Å²) in [7, 11) is 0. The number of hydrogen-bond donors (Lipinski definition) is 1. The molecule has 1 aliphatic heterocycles. The van der Waals surface area contributed by atoms with Crippen molar-refractivity contribution in [3.8, 4) is 5.75 Å². The highest BCUT2D eigenvalue weighted by Gasteiger charge is 2.27. The lowest BCUT2D eigenvalue weighted by molar-refractivity contribution is -0.127. The summed E-state index contributed by atoms with van der Waals surface area (Å²) in [6.45, 7) is 3.31. The van der Waals surface area contributed by atoms with Crippen molar-refractivity contribution in [2.45, 2.75) is 18.9 Å². The van der Waals surface area contributed by atoms with Crippen LogP contribution in [-0.2, 0) is 4.79 Å². The molecule has 6 heteroatoms. The monoisotopic (exact) mass is 449 g/mol. The van der Waals surface area contributed by atoms with Crippen molar-refractivity contribution in [1.82, 2.24) is 15.2 Å². The summed E-state index contributed by atoms with van der Waals surface area (Å²) in [5.74, 6) is 0.972. The molecule has 1 saturated heterocycles. The Balaban J connectivity index is 1.31. The first kappa shape index (κ1) is 22.3. The topological polar surface area (TPSA) is 54.5 Å². The zero-order valence-electron chi connectivity index (χ0n) is 18.0. The molecule has 0 saturated carbocycles. The van der Waals surface area contributed by atoms with Gasteiger partial charge < -0.3 is 10.1 Å². The largest absolute Gasteiger partial charge is 0.492 e. The van der Waals surface area contributed by atoms with Crippen LogP contribution in [-0.4, -0.2) is 42.0 Å². The number of likely N-dealkylation sites (tertiary alicyclic amines) is 1. The van der Waals surface area contributed by atoms with Crippen molar-refractivity contribution in [2.24, 2.45) is 5.92 Å². The second kappa shape index (κ2) is 11.1. The first-order valence-corrected chi connectivity index (χ1v) is 11.4. The fourth-order valence-corrected chi connectivity index (χ4v) is 4.14. The zero-order valence-corrected chi connectivity index (χ0v) is 18.7. The molecule has 166 valence electrons. The second-order valence-corrected chi connectivity index (χ2v) is 8.46. The number of rotatable bonds is 8. The molecule has 1 amide bonds. The van der Waals surface area contributed by atoms with E-state index in [0.29, 0.717) is 11.6 Å². The van der Waals surface area contributed by atoms with Gasteiger partial charge in [-0.3, -0.25) is 14.7 Å². The van der Waals surface area contributed by atoms with E-state index in [9.17, 15) is 4.79 Å². The van der Waals surface area contributed by atoms with Crippen molar-refractivity contribution in [3.05, 3.63) is 95.3 Å². The number of benzene rings is 2. The van der Waals surface area contributed by atoms with Gasteiger partial charge in [0.1, 0.15) is 12.4 Å². The Kier molecular flexibility index (Phi) is 7.75. The van der Waals surface area contributed by atoms with Gasteiger partial charge in [0.2, 0.25) is 5.91 Å². The molecule has 3 aromatic rings. The Morgan fingerprint density at radius 3 is 2.44 bits per heavy atom. The van der Waals surface area contributed by atoms with Gasteiger partial charge in [-0.15, -0.1) is 0 Å². The molecule has 1 atom stereocenters. The SMILES string of the molecule is O=C(NC(c1ccc(Cl)cc1)c1ccccn1)C1CCN(CCOc2ccccc2)CC1. The number of hydrogen-bond acceptors (Lipinski definition) is 4. The molecule has 1 aromatic heterocycles. The van der Waals surface area contributed by atoms with E-state index in [1.54, 1.807) is 6.20 Å². The number of piperidine rings is 1. The maximum absolute atomic E-state index is 13.1. The van der Waals surface area contributed by atoms with Crippen molar-refractivity contribution in [2.75, 3.05) is 26.2 Å². The van der Waals surface area contributed by atoms with Crippen LogP contribution in [0, 0.1) is 5.92 Å². The lowest BCUT2D eigenvalue weighted by Crippen LogP contribution is -2.42. The summed E-state index contributed by atoms with van der Waals surface area (Å²) < 4.78 is 5.80. The number of nitrogens with one attached hydrogen (secondary N) is 1. The van der Waals surface area contributed by atoms with Gasteiger partial charge in [0.25, 0.3) is 0 Å². The van der Waals surface area contributed by atoms with Crippen LogP contribution in [0.2, 0.25) is 5.02 Å². The molecule has 5 nitrogen and oxygen atoms in total. The number of halogens is 1. The minimum absolute atomic E-state index is 0.000181. The van der Waals surface area contributed by atoms with E-state index in [0.717, 1.165) is 49.5 Å². The molecule has 2 aromatic carbocycles. The van der Waals surface area contributed by atoms with Crippen LogP contribution in [0.25, 0.3) is 0 Å². The van der Waals surface area contributed by atoms with Crippen LogP contribution >= 0.6 is 11.6 Å². The first-order chi connectivity index (χ1) is 15.7. The quantitative estimate of drug-likeness (QED) is 0.540. The number of carbonyl (C=O) groups is 1. The average molecular weight is 450 g/mol. The number of amides is 1. The minimum atomic E-state index is -0.293. The smallest absolute Gasteiger partial charge is 0.224 e. The third-order valence-electron chi connectivity index (χ3n) is 5.85. The lowest BCUT2D eigenvalue weighted by atomic mass is 9.94. The summed E-state index contributed by atoms with van der Waals surface area (Å²) >= 11 is 6.06. The predicted molar refractivity (Wildman–Crippen MR) is 127 cm³/mol. The van der Waals surface area contributed by atoms with Gasteiger partial charge in [-0.05, 0) is 67.9 Å². The molecule has 2 heterocycles. The number of nitrogens with zero attached hydrogens (tertiary/aromatic N) is 2. The Bertz CT molecular complexity index is 975. The molecule has 1 aliphatic rings. The average Bonchev–Trinajstić information content (AvgIpc) is 2.85. The molecule has 0 radical (unpaired) electrons. The van der Waals surface area contributed by atoms with Gasteiger partial charge in [0.05, 0.1) is 11.7 Å². The summed E-state index contributed by atoms with van der Waals surface area (Å²) in [5, 5.41) is 3.90. The molecule has 4 rings (SSSR count). The zero-order chi connectivity index (χ0) is 22.2. The fourth-order valence-electron chi connectivity index (χ4n) is 4.02. The van der Waals surface area contributed by atoms with Crippen LogP contribution in [0.1, 0.15) is 30.1 Å². The molecule has 1 unspecified atom stereocenters. The van der Waals surface area contributed by atoms with Crippen molar-refractivity contribution in [1.29, 1.82) is 0 Å². The molecular weight excluding hydrogens is 422 g/mol. The Morgan fingerprint density at radius 1 is 1.03 bits per heavy atom. The molecule has 1 N–H and O–H groups in total. The molecule has 0 spiro atoms. The minimum Gasteiger partial charge on any atom is -0.492 e. The number of aromatic nitrogens is 1. The van der Waals surface area contributed by atoms with Crippen LogP contribution < -0.4 is 10.1 Å². The summed E-state index contributed by atoms with van der Waals surface area (Å²) in [5.41, 5.74) is 1.79. The molecular formula is C26H28ClN3O2. The highest BCUT2D eigenvalue weighted by molar-refractivity contribution is 6.30. The van der Waals surface area contributed by atoms with Gasteiger partial charge in [-0.25, -0.2) is 0 Å². The number of pyridine rings is 1. The van der Waals surface area contributed by atoms with E-state index >= 15 is 0 Å². The Labute approximate surface area is 194 Å². The highest BCUT2D eigenvalue weighted by Crippen LogP contribution is 2.24. The standard InChI is InChI=1S/C26H28ClN3O2/c27-22-11-9-20(10-12-22)25(24-8-4-5-15-28-24)29-26(31)21-13-16-30(17-14-21)18-19-32-23-6-2-1-3-7-23/h1-12,15,21,25H,13-14,16-19H2,(H,29,31). The lowest BCUT2D eigenvalue weighted by Gasteiger charge is -2.32. The summed E-state index contributed by atoms with van der Waals surface area (Å²) in [4.78, 5) is 20.0. The third-order valence-corrected chi connectivity index (χ3v) is 6.10. The third kappa shape index (κ3) is 6.09. The number of ether oxygens (including phenoxy) is 1. The predicted octanol–water partition coefficient (Wildman–Crippen LogP) is 4.73. The number of para-hydroxylation sites is 1. The molecule has 1 fully saturated rings. The van der Waals surface area contributed by atoms with Crippen LogP contribution in [0.3, 0.4) is 0 Å². The maximum Gasteiger partial charge on any atom is 0.224 e. The van der Waals surface area contributed by atoms with Crippen LogP contribution in [0.15, 0.2) is 79.0 Å². The normalized spacial score (nSPS) is 15.8. The van der Waals surface area contributed by atoms with E-state index in [-0.39, 0.29) is 17.9 Å². The maximum atomic E-state index is 13.1. The van der Waals surface area contributed by atoms with Gasteiger partial charge in [0.15, 0.2) is 0 Å². The van der Waals surface area contributed by atoms with E-state index in [2.05, 4.69) is 15.2 Å². The van der Waals surface area contributed by atoms with Gasteiger partial charge in [-0.1, -0.05) is 48.0 Å². The van der Waals surface area contributed by atoms with Gasteiger partial charge in [0, 0.05) is 23.7 Å². The summed E-state index contributed by atoms with van der Waals surface area (Å²) in [6, 6.07) is 22.9. The van der Waals surface area contributed by atoms with Crippen LogP contribution in [0.4, 0.5) is 0 Å². The fraction of sp³-hybridized carbons (Fsp3) is 0.308. The van der Waals surface area contributed by atoms with Crippen molar-refractivity contribution in [3.63, 3.8) is 0 Å². The highest BCUT2D eigenvalue weighted by atomic mass is 35.5. The molecule has 32 heavy (non-hydrogen) atoms. The van der Waals surface area contributed by atoms with Crippen LogP contribution in [0.5, 0.6) is 5.75 Å². The van der Waals surface area contributed by atoms with E-state index in [4.69, 9.17) is 16.3 Å². The molecule has 0 bridgehead atoms. The van der Waals surface area contributed by atoms with Gasteiger partial charge >= 0.3 is 0 Å². The van der Waals surface area contributed by atoms with E-state index in [1.165, 1.54) is 0 Å².